The Labute approximate surface area is 182 Å². The van der Waals surface area contributed by atoms with Crippen LogP contribution in [0.1, 0.15) is 91.4 Å². The van der Waals surface area contributed by atoms with Crippen LogP contribution in [0.4, 0.5) is 0 Å². The van der Waals surface area contributed by atoms with Crippen LogP contribution >= 0.6 is 7.82 Å². The molecule has 0 unspecified atom stereocenters. The number of phosphoric acid groups is 1. The SMILES string of the molecule is C[C@H](CCCOP(=O)(O)O)[C@H]1CC[C@H]2[C@@H]3CC[C@H]4C[C@@H](O)CC[C@]4(C)[C@H]3CC[C@]12C. The highest BCUT2D eigenvalue weighted by Crippen LogP contribution is 2.68. The maximum Gasteiger partial charge on any atom is 0.469 e. The second-order valence-corrected chi connectivity index (χ2v) is 13.0. The van der Waals surface area contributed by atoms with Crippen molar-refractivity contribution >= 4 is 7.82 Å². The van der Waals surface area contributed by atoms with Gasteiger partial charge in [-0.3, -0.25) is 4.52 Å². The predicted molar refractivity (Wildman–Crippen MR) is 118 cm³/mol. The van der Waals surface area contributed by atoms with Gasteiger partial charge in [-0.15, -0.1) is 0 Å². The van der Waals surface area contributed by atoms with Crippen molar-refractivity contribution in [1.29, 1.82) is 0 Å². The molecule has 4 aliphatic carbocycles. The Hall–Kier alpha value is 0.0700. The van der Waals surface area contributed by atoms with Crippen LogP contribution in [0.2, 0.25) is 0 Å². The van der Waals surface area contributed by atoms with E-state index in [1.165, 1.54) is 44.9 Å². The fourth-order valence-corrected chi connectivity index (χ4v) is 9.37. The van der Waals surface area contributed by atoms with E-state index >= 15 is 0 Å². The lowest BCUT2D eigenvalue weighted by molar-refractivity contribution is -0.129. The van der Waals surface area contributed by atoms with Gasteiger partial charge >= 0.3 is 7.82 Å². The summed E-state index contributed by atoms with van der Waals surface area (Å²) in [6.07, 6.45) is 12.9. The van der Waals surface area contributed by atoms with E-state index in [1.807, 2.05) is 0 Å². The molecular formula is C24H43O5P. The molecule has 4 fully saturated rings. The highest BCUT2D eigenvalue weighted by molar-refractivity contribution is 7.46. The fourth-order valence-electron chi connectivity index (χ4n) is 9.00. The zero-order valence-electron chi connectivity index (χ0n) is 19.1. The highest BCUT2D eigenvalue weighted by Gasteiger charge is 2.60. The third-order valence-electron chi connectivity index (χ3n) is 10.5. The summed E-state index contributed by atoms with van der Waals surface area (Å²) in [6.45, 7) is 7.62. The molecular weight excluding hydrogens is 399 g/mol. The number of rotatable bonds is 6. The second-order valence-electron chi connectivity index (χ2n) is 11.8. The van der Waals surface area contributed by atoms with Crippen molar-refractivity contribution in [3.63, 3.8) is 0 Å². The summed E-state index contributed by atoms with van der Waals surface area (Å²) in [6, 6.07) is 0. The molecule has 30 heavy (non-hydrogen) atoms. The van der Waals surface area contributed by atoms with Crippen LogP contribution in [0.25, 0.3) is 0 Å². The standard InChI is InChI=1S/C24H43O5P/c1-16(5-4-14-29-30(26,27)28)20-8-9-21-19-7-6-17-15-18(25)10-12-23(17,2)22(19)11-13-24(20,21)3/h16-22,25H,4-15H2,1-3H3,(H2,26,27,28)/t16-,17+,18+,19+,20-,21+,22+,23+,24-/m1/s1. The van der Waals surface area contributed by atoms with Crippen LogP contribution in [-0.4, -0.2) is 27.6 Å². The first-order valence-electron chi connectivity index (χ1n) is 12.4. The molecule has 9 atom stereocenters. The third-order valence-corrected chi connectivity index (χ3v) is 11.0. The molecule has 0 aromatic heterocycles. The zero-order chi connectivity index (χ0) is 21.7. The van der Waals surface area contributed by atoms with Crippen molar-refractivity contribution < 1.29 is 24.0 Å². The van der Waals surface area contributed by atoms with Crippen molar-refractivity contribution in [2.45, 2.75) is 97.5 Å². The summed E-state index contributed by atoms with van der Waals surface area (Å²) < 4.78 is 15.6. The summed E-state index contributed by atoms with van der Waals surface area (Å²) in [4.78, 5) is 17.8. The lowest BCUT2D eigenvalue weighted by Gasteiger charge is -2.61. The minimum absolute atomic E-state index is 0.0697. The first-order chi connectivity index (χ1) is 14.0. The smallest absolute Gasteiger partial charge is 0.393 e. The topological polar surface area (TPSA) is 87.0 Å². The van der Waals surface area contributed by atoms with Crippen LogP contribution in [0.3, 0.4) is 0 Å². The first-order valence-corrected chi connectivity index (χ1v) is 14.0. The van der Waals surface area contributed by atoms with E-state index < -0.39 is 7.82 Å². The summed E-state index contributed by atoms with van der Waals surface area (Å²) in [5, 5.41) is 10.2. The first kappa shape index (κ1) is 23.2. The number of hydrogen-bond donors (Lipinski definition) is 3. The zero-order valence-corrected chi connectivity index (χ0v) is 20.0. The minimum Gasteiger partial charge on any atom is -0.393 e. The van der Waals surface area contributed by atoms with Crippen LogP contribution < -0.4 is 0 Å². The molecule has 3 N–H and O–H groups in total. The quantitative estimate of drug-likeness (QED) is 0.372. The van der Waals surface area contributed by atoms with Crippen LogP contribution in [0.15, 0.2) is 0 Å². The minimum atomic E-state index is -4.34. The monoisotopic (exact) mass is 442 g/mol. The molecule has 5 nitrogen and oxygen atoms in total. The van der Waals surface area contributed by atoms with Crippen LogP contribution in [-0.2, 0) is 9.09 Å². The number of fused-ring (bicyclic) bond motifs is 5. The molecule has 0 aromatic carbocycles. The average Bonchev–Trinajstić information content (AvgIpc) is 3.02. The predicted octanol–water partition coefficient (Wildman–Crippen LogP) is 5.53. The number of hydrogen-bond acceptors (Lipinski definition) is 3. The van der Waals surface area contributed by atoms with E-state index in [0.29, 0.717) is 16.7 Å². The Balaban J connectivity index is 1.41. The van der Waals surface area contributed by atoms with Gasteiger partial charge in [0, 0.05) is 0 Å². The number of phosphoric ester groups is 1. The van der Waals surface area contributed by atoms with Gasteiger partial charge in [0.25, 0.3) is 0 Å². The van der Waals surface area contributed by atoms with Crippen molar-refractivity contribution in [3.05, 3.63) is 0 Å². The summed E-state index contributed by atoms with van der Waals surface area (Å²) in [5.74, 6) is 4.55. The molecule has 0 spiro atoms. The van der Waals surface area contributed by atoms with Gasteiger partial charge < -0.3 is 14.9 Å². The van der Waals surface area contributed by atoms with E-state index in [-0.39, 0.29) is 12.7 Å². The third kappa shape index (κ3) is 4.19. The van der Waals surface area contributed by atoms with Crippen molar-refractivity contribution in [2.75, 3.05) is 6.61 Å². The normalized spacial score (nSPS) is 47.3. The summed E-state index contributed by atoms with van der Waals surface area (Å²) in [7, 11) is -4.34. The average molecular weight is 443 g/mol. The van der Waals surface area contributed by atoms with E-state index in [9.17, 15) is 9.67 Å². The van der Waals surface area contributed by atoms with Gasteiger partial charge in [0.05, 0.1) is 12.7 Å². The van der Waals surface area contributed by atoms with E-state index in [2.05, 4.69) is 25.3 Å². The molecule has 4 rings (SSSR count). The van der Waals surface area contributed by atoms with E-state index in [1.54, 1.807) is 0 Å². The summed E-state index contributed by atoms with van der Waals surface area (Å²) in [5.41, 5.74) is 0.856. The lowest BCUT2D eigenvalue weighted by atomic mass is 9.44. The van der Waals surface area contributed by atoms with Gasteiger partial charge in [0.15, 0.2) is 0 Å². The van der Waals surface area contributed by atoms with Gasteiger partial charge in [0.1, 0.15) is 0 Å². The molecule has 0 bridgehead atoms. The fraction of sp³-hybridized carbons (Fsp3) is 1.00. The van der Waals surface area contributed by atoms with Crippen LogP contribution in [0, 0.1) is 46.3 Å². The molecule has 6 heteroatoms. The van der Waals surface area contributed by atoms with Gasteiger partial charge in [-0.2, -0.15) is 0 Å². The van der Waals surface area contributed by atoms with Crippen molar-refractivity contribution in [2.24, 2.45) is 46.3 Å². The molecule has 0 heterocycles. The van der Waals surface area contributed by atoms with Gasteiger partial charge in [-0.25, -0.2) is 4.57 Å². The maximum absolute atomic E-state index is 10.9. The molecule has 0 aromatic rings. The number of aliphatic hydroxyl groups excluding tert-OH is 1. The molecule has 4 aliphatic rings. The molecule has 0 radical (unpaired) electrons. The molecule has 0 aliphatic heterocycles. The lowest BCUT2D eigenvalue weighted by Crippen LogP contribution is -2.54. The van der Waals surface area contributed by atoms with Gasteiger partial charge in [-0.1, -0.05) is 20.8 Å². The van der Waals surface area contributed by atoms with E-state index in [0.717, 1.165) is 55.3 Å². The molecule has 0 amide bonds. The second kappa shape index (κ2) is 8.45. The molecule has 174 valence electrons. The van der Waals surface area contributed by atoms with Gasteiger partial charge in [0.2, 0.25) is 0 Å². The highest BCUT2D eigenvalue weighted by atomic mass is 31.2. The maximum atomic E-state index is 10.9. The molecule has 4 saturated carbocycles. The Kier molecular flexibility index (Phi) is 6.54. The largest absolute Gasteiger partial charge is 0.469 e. The van der Waals surface area contributed by atoms with Gasteiger partial charge in [-0.05, 0) is 117 Å². The Morgan fingerprint density at radius 3 is 2.43 bits per heavy atom. The number of aliphatic hydroxyl groups is 1. The van der Waals surface area contributed by atoms with Crippen molar-refractivity contribution in [3.8, 4) is 0 Å². The Morgan fingerprint density at radius 2 is 1.70 bits per heavy atom. The summed E-state index contributed by atoms with van der Waals surface area (Å²) >= 11 is 0. The Bertz CT molecular complexity index is 664. The van der Waals surface area contributed by atoms with E-state index in [4.69, 9.17) is 9.79 Å². The molecule has 0 saturated heterocycles. The van der Waals surface area contributed by atoms with Crippen molar-refractivity contribution in [1.82, 2.24) is 0 Å². The Morgan fingerprint density at radius 1 is 1.00 bits per heavy atom. The van der Waals surface area contributed by atoms with Crippen LogP contribution in [0.5, 0.6) is 0 Å².